The lowest BCUT2D eigenvalue weighted by Crippen LogP contribution is -2.24. The molecule has 7 rings (SSSR count). The van der Waals surface area contributed by atoms with Crippen molar-refractivity contribution in [1.29, 1.82) is 0 Å². The molecular formula is C37H39F3N8O5. The molecule has 5 aromatic rings. The maximum atomic E-state index is 14.0. The molecule has 13 nitrogen and oxygen atoms in total. The van der Waals surface area contributed by atoms with E-state index in [9.17, 15) is 18.0 Å². The third-order valence-electron chi connectivity index (χ3n) is 9.10. The highest BCUT2D eigenvalue weighted by Gasteiger charge is 2.36. The lowest BCUT2D eigenvalue weighted by atomic mass is 10.1. The quantitative estimate of drug-likeness (QED) is 0.130. The van der Waals surface area contributed by atoms with Crippen molar-refractivity contribution >= 4 is 34.3 Å². The minimum absolute atomic E-state index is 0.0390. The van der Waals surface area contributed by atoms with E-state index in [1.807, 2.05) is 24.5 Å². The summed E-state index contributed by atoms with van der Waals surface area (Å²) >= 11 is 0. The van der Waals surface area contributed by atoms with Crippen molar-refractivity contribution in [3.63, 3.8) is 0 Å². The minimum atomic E-state index is -4.79. The summed E-state index contributed by atoms with van der Waals surface area (Å²) in [6, 6.07) is 9.43. The van der Waals surface area contributed by atoms with E-state index in [0.29, 0.717) is 58.9 Å². The number of hydrogen-bond acceptors (Lipinski definition) is 11. The molecule has 6 heterocycles. The number of aromatic nitrogens is 6. The van der Waals surface area contributed by atoms with Crippen LogP contribution >= 0.6 is 0 Å². The first-order chi connectivity index (χ1) is 25.7. The van der Waals surface area contributed by atoms with Crippen LogP contribution in [0.5, 0.6) is 5.75 Å². The molecule has 53 heavy (non-hydrogen) atoms. The molecule has 0 aliphatic carbocycles. The van der Waals surface area contributed by atoms with Gasteiger partial charge in [0.15, 0.2) is 11.9 Å². The van der Waals surface area contributed by atoms with Crippen molar-refractivity contribution in [1.82, 2.24) is 29.5 Å². The number of halogens is 3. The maximum Gasteiger partial charge on any atom is 0.420 e. The fourth-order valence-electron chi connectivity index (χ4n) is 6.42. The monoisotopic (exact) mass is 732 g/mol. The number of benzene rings is 1. The van der Waals surface area contributed by atoms with Gasteiger partial charge < -0.3 is 29.6 Å². The SMILES string of the molecule is Cc1ccc(NC(=O)c2cc(C(F)(F)F)c(OCCOC3CCCCO3)cn2)cc1Nc1ncccc1-c1ncnc2c1nc(C)n2C1CCCCO1. The number of ether oxygens (including phenoxy) is 4. The Morgan fingerprint density at radius 2 is 1.81 bits per heavy atom. The number of aryl methyl sites for hydroxylation is 2. The molecule has 2 aliphatic heterocycles. The van der Waals surface area contributed by atoms with Crippen molar-refractivity contribution in [3.8, 4) is 17.0 Å². The van der Waals surface area contributed by atoms with E-state index in [-0.39, 0.29) is 19.4 Å². The zero-order chi connectivity index (χ0) is 37.0. The Bertz CT molecular complexity index is 2080. The van der Waals surface area contributed by atoms with Gasteiger partial charge in [-0.05, 0) is 88.3 Å². The standard InChI is InChI=1S/C37H39F3N8O5/c1-22-11-12-24(46-36(49)28-19-26(37(38,39)40)29(20-42-28)50-16-17-53-31-10-4-6-15-52-31)18-27(22)47-34-25(8-7-13-41-34)32-33-35(44-21-43-32)48(23(2)45-33)30-9-3-5-14-51-30/h7-8,11-13,18-21,30-31H,3-6,9-10,14-17H2,1-2H3,(H,41,47)(H,46,49). The van der Waals surface area contributed by atoms with Crippen LogP contribution in [-0.2, 0) is 20.4 Å². The fourth-order valence-corrected chi connectivity index (χ4v) is 6.42. The van der Waals surface area contributed by atoms with E-state index < -0.39 is 35.4 Å². The number of imidazole rings is 1. The predicted molar refractivity (Wildman–Crippen MR) is 189 cm³/mol. The lowest BCUT2D eigenvalue weighted by molar-refractivity contribution is -0.166. The smallest absolute Gasteiger partial charge is 0.420 e. The third-order valence-corrected chi connectivity index (χ3v) is 9.10. The summed E-state index contributed by atoms with van der Waals surface area (Å²) in [4.78, 5) is 35.8. The number of amides is 1. The van der Waals surface area contributed by atoms with E-state index in [2.05, 4.69) is 30.6 Å². The van der Waals surface area contributed by atoms with E-state index >= 15 is 0 Å². The van der Waals surface area contributed by atoms with Gasteiger partial charge in [-0.25, -0.2) is 24.9 Å². The normalized spacial score (nSPS) is 17.8. The first-order valence-electron chi connectivity index (χ1n) is 17.5. The number of carbonyl (C=O) groups excluding carboxylic acids is 1. The van der Waals surface area contributed by atoms with Crippen molar-refractivity contribution < 1.29 is 36.9 Å². The summed E-state index contributed by atoms with van der Waals surface area (Å²) < 4.78 is 66.6. The number of nitrogens with zero attached hydrogens (tertiary/aromatic N) is 6. The van der Waals surface area contributed by atoms with Crippen LogP contribution in [-0.4, -0.2) is 68.1 Å². The number of rotatable bonds is 11. The average molecular weight is 733 g/mol. The Hall–Kier alpha value is -5.19. The molecule has 16 heteroatoms. The Morgan fingerprint density at radius 1 is 0.981 bits per heavy atom. The Balaban J connectivity index is 1.08. The van der Waals surface area contributed by atoms with Crippen LogP contribution in [0, 0.1) is 13.8 Å². The Kier molecular flexibility index (Phi) is 10.8. The number of pyridine rings is 2. The predicted octanol–water partition coefficient (Wildman–Crippen LogP) is 7.54. The van der Waals surface area contributed by atoms with Crippen LogP contribution in [0.25, 0.3) is 22.4 Å². The molecule has 2 atom stereocenters. The van der Waals surface area contributed by atoms with Gasteiger partial charge >= 0.3 is 6.18 Å². The molecule has 2 N–H and O–H groups in total. The van der Waals surface area contributed by atoms with Crippen LogP contribution < -0.4 is 15.4 Å². The van der Waals surface area contributed by atoms with Gasteiger partial charge in [0.05, 0.1) is 12.8 Å². The molecule has 0 bridgehead atoms. The Labute approximate surface area is 303 Å². The second-order valence-corrected chi connectivity index (χ2v) is 12.8. The van der Waals surface area contributed by atoms with Gasteiger partial charge in [0.2, 0.25) is 0 Å². The summed E-state index contributed by atoms with van der Waals surface area (Å²) in [5.74, 6) is -0.0888. The van der Waals surface area contributed by atoms with Crippen molar-refractivity contribution in [2.45, 2.75) is 71.1 Å². The van der Waals surface area contributed by atoms with Crippen LogP contribution in [0.15, 0.2) is 55.1 Å². The molecule has 0 saturated carbocycles. The largest absolute Gasteiger partial charge is 0.489 e. The molecule has 278 valence electrons. The van der Waals surface area contributed by atoms with Crippen LogP contribution in [0.4, 0.5) is 30.4 Å². The Morgan fingerprint density at radius 3 is 2.58 bits per heavy atom. The van der Waals surface area contributed by atoms with E-state index in [0.717, 1.165) is 56.1 Å². The first kappa shape index (κ1) is 36.2. The van der Waals surface area contributed by atoms with Gasteiger partial charge in [0.25, 0.3) is 5.91 Å². The molecule has 1 amide bonds. The highest BCUT2D eigenvalue weighted by Crippen LogP contribution is 2.37. The molecule has 2 aliphatic rings. The third kappa shape index (κ3) is 8.24. The van der Waals surface area contributed by atoms with Crippen LogP contribution in [0.2, 0.25) is 0 Å². The van der Waals surface area contributed by atoms with Gasteiger partial charge in [-0.2, -0.15) is 13.2 Å². The molecule has 1 aromatic carbocycles. The molecule has 4 aromatic heterocycles. The number of hydrogen-bond donors (Lipinski definition) is 2. The van der Waals surface area contributed by atoms with Crippen molar-refractivity contribution in [3.05, 3.63) is 77.8 Å². The molecule has 2 fully saturated rings. The van der Waals surface area contributed by atoms with Crippen molar-refractivity contribution in [2.75, 3.05) is 37.1 Å². The fraction of sp³-hybridized carbons (Fsp3) is 0.405. The van der Waals surface area contributed by atoms with Crippen LogP contribution in [0.3, 0.4) is 0 Å². The van der Waals surface area contributed by atoms with Crippen molar-refractivity contribution in [2.24, 2.45) is 0 Å². The van der Waals surface area contributed by atoms with Gasteiger partial charge in [0.1, 0.15) is 59.0 Å². The zero-order valence-corrected chi connectivity index (χ0v) is 29.3. The summed E-state index contributed by atoms with van der Waals surface area (Å²) in [5.41, 5.74) is 2.71. The number of nitrogens with one attached hydrogen (secondary N) is 2. The summed E-state index contributed by atoms with van der Waals surface area (Å²) in [6.45, 7) is 4.95. The van der Waals surface area contributed by atoms with Gasteiger partial charge in [0, 0.05) is 36.3 Å². The summed E-state index contributed by atoms with van der Waals surface area (Å²) in [5, 5.41) is 6.00. The second kappa shape index (κ2) is 15.8. The van der Waals surface area contributed by atoms with Gasteiger partial charge in [-0.3, -0.25) is 9.36 Å². The molecule has 0 spiro atoms. The molecular weight excluding hydrogens is 693 g/mol. The summed E-state index contributed by atoms with van der Waals surface area (Å²) in [7, 11) is 0. The number of alkyl halides is 3. The minimum Gasteiger partial charge on any atom is -0.489 e. The van der Waals surface area contributed by atoms with Gasteiger partial charge in [-0.15, -0.1) is 0 Å². The number of fused-ring (bicyclic) bond motifs is 1. The second-order valence-electron chi connectivity index (χ2n) is 12.8. The topological polar surface area (TPSA) is 147 Å². The number of anilines is 3. The zero-order valence-electron chi connectivity index (χ0n) is 29.3. The molecule has 2 saturated heterocycles. The van der Waals surface area contributed by atoms with E-state index in [4.69, 9.17) is 23.9 Å². The maximum absolute atomic E-state index is 14.0. The highest BCUT2D eigenvalue weighted by molar-refractivity contribution is 6.03. The lowest BCUT2D eigenvalue weighted by Gasteiger charge is -2.24. The molecule has 0 radical (unpaired) electrons. The average Bonchev–Trinajstić information content (AvgIpc) is 3.51. The van der Waals surface area contributed by atoms with E-state index in [1.54, 1.807) is 30.5 Å². The highest BCUT2D eigenvalue weighted by atomic mass is 19.4. The van der Waals surface area contributed by atoms with E-state index in [1.165, 1.54) is 6.33 Å². The molecule has 2 unspecified atom stereocenters. The number of carbonyl (C=O) groups is 1. The van der Waals surface area contributed by atoms with Gasteiger partial charge in [-0.1, -0.05) is 6.07 Å². The van der Waals surface area contributed by atoms with Crippen LogP contribution in [0.1, 0.15) is 72.2 Å². The first-order valence-corrected chi connectivity index (χ1v) is 17.5. The summed E-state index contributed by atoms with van der Waals surface area (Å²) in [6.07, 6.45) is 4.25.